The van der Waals surface area contributed by atoms with Crippen molar-refractivity contribution in [3.63, 3.8) is 0 Å². The smallest absolute Gasteiger partial charge is 0.312 e. The molecule has 0 unspecified atom stereocenters. The van der Waals surface area contributed by atoms with Gasteiger partial charge < -0.3 is 5.32 Å². The third-order valence-electron chi connectivity index (χ3n) is 4.27. The maximum Gasteiger partial charge on any atom is 0.465 e. The molecule has 1 aromatic carbocycles. The van der Waals surface area contributed by atoms with Crippen molar-refractivity contribution < 1.29 is 23.0 Å². The van der Waals surface area contributed by atoms with Crippen LogP contribution in [0.3, 0.4) is 0 Å². The lowest BCUT2D eigenvalue weighted by Gasteiger charge is -2.25. The van der Waals surface area contributed by atoms with Crippen LogP contribution >= 0.6 is 0 Å². The molecule has 3 rings (SSSR count). The standard InChI is InChI=1S/C19H19F3N4O/c1-3-12-26-16(14-9-5-4-6-10-14)25-18(17(26)27,19(20,21)22)24-15-11-7-8-13(2)23-15/h4-11H,3,12H2,1-2H3,(H,23,24)/p+1/t18-/m1/s1. The Hall–Kier alpha value is -2.90. The van der Waals surface area contributed by atoms with E-state index in [1.165, 1.54) is 6.07 Å². The number of alkyl halides is 3. The number of anilines is 1. The van der Waals surface area contributed by atoms with E-state index < -0.39 is 17.7 Å². The molecule has 0 aliphatic carbocycles. The van der Waals surface area contributed by atoms with E-state index in [-0.39, 0.29) is 18.2 Å². The van der Waals surface area contributed by atoms with Crippen LogP contribution in [0.1, 0.15) is 24.6 Å². The molecule has 1 aliphatic heterocycles. The first kappa shape index (κ1) is 18.9. The van der Waals surface area contributed by atoms with E-state index in [0.29, 0.717) is 17.7 Å². The lowest BCUT2D eigenvalue weighted by Crippen LogP contribution is -2.94. The number of halogens is 3. The van der Waals surface area contributed by atoms with Crippen molar-refractivity contribution in [2.24, 2.45) is 0 Å². The molecule has 2 aromatic rings. The number of carbonyl (C=O) groups is 1. The minimum atomic E-state index is -4.89. The Labute approximate surface area is 154 Å². The summed E-state index contributed by atoms with van der Waals surface area (Å²) in [5.74, 6) is -1.00. The Balaban J connectivity index is 2.14. The van der Waals surface area contributed by atoms with Gasteiger partial charge in [0.25, 0.3) is 5.84 Å². The van der Waals surface area contributed by atoms with E-state index in [1.54, 1.807) is 56.3 Å². The number of hydrogen-bond donors (Lipinski definition) is 2. The molecule has 5 nitrogen and oxygen atoms in total. The topological polar surface area (TPSA) is 59.2 Å². The zero-order valence-electron chi connectivity index (χ0n) is 15.0. The molecule has 0 spiro atoms. The fraction of sp³-hybridized carbons (Fsp3) is 0.316. The van der Waals surface area contributed by atoms with E-state index in [4.69, 9.17) is 0 Å². The second-order valence-corrected chi connectivity index (χ2v) is 6.33. The summed E-state index contributed by atoms with van der Waals surface area (Å²) in [4.78, 5) is 20.6. The Morgan fingerprint density at radius 3 is 2.44 bits per heavy atom. The molecule has 0 fully saturated rings. The number of aryl methyl sites for hydroxylation is 1. The van der Waals surface area contributed by atoms with E-state index >= 15 is 0 Å². The quantitative estimate of drug-likeness (QED) is 0.836. The fourth-order valence-corrected chi connectivity index (χ4v) is 3.02. The highest BCUT2D eigenvalue weighted by Gasteiger charge is 2.71. The van der Waals surface area contributed by atoms with Gasteiger partial charge in [0.15, 0.2) is 0 Å². The minimum absolute atomic E-state index is 0.0288. The number of amidine groups is 1. The SMILES string of the molecule is CCCN1C(=O)[C@](Nc2cccc(C)n2)(C(F)(F)F)[NH+]=C1c1ccccc1. The summed E-state index contributed by atoms with van der Waals surface area (Å²) in [6, 6.07) is 13.2. The molecule has 2 heterocycles. The van der Waals surface area contributed by atoms with Crippen LogP contribution < -0.4 is 10.3 Å². The van der Waals surface area contributed by atoms with Crippen LogP contribution in [0.2, 0.25) is 0 Å². The van der Waals surface area contributed by atoms with Gasteiger partial charge in [-0.25, -0.2) is 14.8 Å². The van der Waals surface area contributed by atoms with Gasteiger partial charge in [0.1, 0.15) is 5.82 Å². The zero-order valence-corrected chi connectivity index (χ0v) is 15.0. The predicted octanol–water partition coefficient (Wildman–Crippen LogP) is 1.84. The van der Waals surface area contributed by atoms with Crippen LogP contribution in [0.15, 0.2) is 48.5 Å². The lowest BCUT2D eigenvalue weighted by molar-refractivity contribution is -0.566. The van der Waals surface area contributed by atoms with E-state index in [2.05, 4.69) is 15.3 Å². The maximum absolute atomic E-state index is 14.1. The van der Waals surface area contributed by atoms with Crippen molar-refractivity contribution in [1.82, 2.24) is 9.88 Å². The molecule has 27 heavy (non-hydrogen) atoms. The van der Waals surface area contributed by atoms with Gasteiger partial charge in [-0.3, -0.25) is 0 Å². The van der Waals surface area contributed by atoms with Crippen molar-refractivity contribution in [1.29, 1.82) is 0 Å². The fourth-order valence-electron chi connectivity index (χ4n) is 3.02. The van der Waals surface area contributed by atoms with Crippen molar-refractivity contribution >= 4 is 17.6 Å². The van der Waals surface area contributed by atoms with Crippen LogP contribution in [0.5, 0.6) is 0 Å². The number of rotatable bonds is 5. The van der Waals surface area contributed by atoms with Gasteiger partial charge in [-0.2, -0.15) is 18.1 Å². The number of nitrogens with one attached hydrogen (secondary N) is 2. The molecule has 0 bridgehead atoms. The average molecular weight is 377 g/mol. The summed E-state index contributed by atoms with van der Waals surface area (Å²) in [5.41, 5.74) is -1.93. The lowest BCUT2D eigenvalue weighted by atomic mass is 10.1. The summed E-state index contributed by atoms with van der Waals surface area (Å²) in [7, 11) is 0. The van der Waals surface area contributed by atoms with Gasteiger partial charge in [-0.05, 0) is 37.6 Å². The van der Waals surface area contributed by atoms with Gasteiger partial charge in [0.2, 0.25) is 0 Å². The molecule has 1 atom stereocenters. The van der Waals surface area contributed by atoms with Gasteiger partial charge in [0, 0.05) is 5.69 Å². The predicted molar refractivity (Wildman–Crippen MR) is 94.9 cm³/mol. The monoisotopic (exact) mass is 377 g/mol. The van der Waals surface area contributed by atoms with Gasteiger partial charge in [0.05, 0.1) is 12.1 Å². The number of carbonyl (C=O) groups excluding carboxylic acids is 1. The first-order valence-corrected chi connectivity index (χ1v) is 8.59. The number of pyridine rings is 1. The molecule has 1 aromatic heterocycles. The van der Waals surface area contributed by atoms with Gasteiger partial charge >= 0.3 is 17.7 Å². The van der Waals surface area contributed by atoms with Gasteiger partial charge in [-0.1, -0.05) is 31.2 Å². The molecule has 0 saturated carbocycles. The Morgan fingerprint density at radius 1 is 1.15 bits per heavy atom. The van der Waals surface area contributed by atoms with Crippen molar-refractivity contribution in [2.45, 2.75) is 32.1 Å². The molecular weight excluding hydrogens is 357 g/mol. The summed E-state index contributed by atoms with van der Waals surface area (Å²) < 4.78 is 42.4. The Morgan fingerprint density at radius 2 is 1.85 bits per heavy atom. The first-order valence-electron chi connectivity index (χ1n) is 8.59. The third-order valence-corrected chi connectivity index (χ3v) is 4.27. The molecular formula is C19H20F3N4O+. The molecule has 8 heteroatoms. The molecule has 1 amide bonds. The van der Waals surface area contributed by atoms with Crippen LogP contribution in [-0.4, -0.2) is 40.0 Å². The van der Waals surface area contributed by atoms with E-state index in [0.717, 1.165) is 4.90 Å². The minimum Gasteiger partial charge on any atom is -0.312 e. The second kappa shape index (κ2) is 7.02. The van der Waals surface area contributed by atoms with E-state index in [9.17, 15) is 18.0 Å². The highest BCUT2D eigenvalue weighted by atomic mass is 19.4. The highest BCUT2D eigenvalue weighted by Crippen LogP contribution is 2.32. The average Bonchev–Trinajstić information content (AvgIpc) is 2.90. The van der Waals surface area contributed by atoms with Crippen LogP contribution in [0, 0.1) is 6.92 Å². The van der Waals surface area contributed by atoms with Crippen molar-refractivity contribution in [3.05, 3.63) is 59.8 Å². The van der Waals surface area contributed by atoms with Crippen molar-refractivity contribution in [3.8, 4) is 0 Å². The zero-order chi connectivity index (χ0) is 19.7. The maximum atomic E-state index is 14.1. The summed E-state index contributed by atoms with van der Waals surface area (Å²) in [6.45, 7) is 3.64. The second-order valence-electron chi connectivity index (χ2n) is 6.33. The van der Waals surface area contributed by atoms with Crippen molar-refractivity contribution in [2.75, 3.05) is 11.9 Å². The Kier molecular flexibility index (Phi) is 4.91. The van der Waals surface area contributed by atoms with Crippen LogP contribution in [0.25, 0.3) is 0 Å². The molecule has 0 saturated heterocycles. The summed E-state index contributed by atoms with van der Waals surface area (Å²) in [5, 5.41) is 2.31. The molecule has 2 N–H and O–H groups in total. The van der Waals surface area contributed by atoms with Crippen LogP contribution in [0.4, 0.5) is 19.0 Å². The molecule has 0 radical (unpaired) electrons. The summed E-state index contributed by atoms with van der Waals surface area (Å²) >= 11 is 0. The molecule has 142 valence electrons. The molecule has 1 aliphatic rings. The van der Waals surface area contributed by atoms with Crippen LogP contribution in [-0.2, 0) is 4.79 Å². The largest absolute Gasteiger partial charge is 0.465 e. The Bertz CT molecular complexity index is 867. The van der Waals surface area contributed by atoms with Gasteiger partial charge in [-0.15, -0.1) is 0 Å². The third kappa shape index (κ3) is 3.39. The number of aromatic nitrogens is 1. The van der Waals surface area contributed by atoms with E-state index in [1.807, 2.05) is 0 Å². The normalized spacial score (nSPS) is 20.0. The number of nitrogens with zero attached hydrogens (tertiary/aromatic N) is 2. The highest BCUT2D eigenvalue weighted by molar-refractivity contribution is 6.11. The number of hydrogen-bond acceptors (Lipinski definition) is 3. The number of benzene rings is 1. The summed E-state index contributed by atoms with van der Waals surface area (Å²) in [6.07, 6.45) is -4.38. The number of amides is 1. The first-order chi connectivity index (χ1) is 12.8.